The van der Waals surface area contributed by atoms with Crippen LogP contribution in [0.25, 0.3) is 10.8 Å². The van der Waals surface area contributed by atoms with E-state index in [0.29, 0.717) is 19.6 Å². The van der Waals surface area contributed by atoms with Gasteiger partial charge in [0, 0.05) is 32.7 Å². The number of piperidine rings is 1. The van der Waals surface area contributed by atoms with Crippen LogP contribution in [0.3, 0.4) is 0 Å². The second-order valence-electron chi connectivity index (χ2n) is 9.99. The largest absolute Gasteiger partial charge is 0.394 e. The van der Waals surface area contributed by atoms with Crippen LogP contribution in [0.2, 0.25) is 0 Å². The number of ether oxygens (including phenoxy) is 1. The lowest BCUT2D eigenvalue weighted by molar-refractivity contribution is -0.143. The number of likely N-dealkylation sites (tertiary alicyclic amines) is 1. The van der Waals surface area contributed by atoms with E-state index in [2.05, 4.69) is 10.0 Å². The molecule has 39 heavy (non-hydrogen) atoms. The first-order chi connectivity index (χ1) is 18.7. The molecule has 0 aromatic heterocycles. The van der Waals surface area contributed by atoms with Gasteiger partial charge in [-0.15, -0.1) is 0 Å². The Labute approximate surface area is 228 Å². The fraction of sp³-hybridized carbons (Fsp3) is 0.500. The smallest absolute Gasteiger partial charge is 0.241 e. The third-order valence-corrected chi connectivity index (χ3v) is 8.59. The molecule has 6 N–H and O–H groups in total. The molecule has 2 fully saturated rings. The zero-order chi connectivity index (χ0) is 28.0. The van der Waals surface area contributed by atoms with Gasteiger partial charge in [-0.1, -0.05) is 30.3 Å². The number of hydrogen-bond donors (Lipinski definition) is 5. The third-order valence-electron chi connectivity index (χ3n) is 7.12. The second-order valence-corrected chi connectivity index (χ2v) is 11.7. The number of rotatable bonds is 9. The van der Waals surface area contributed by atoms with Crippen molar-refractivity contribution in [3.05, 3.63) is 42.5 Å². The van der Waals surface area contributed by atoms with Crippen LogP contribution in [0.4, 0.5) is 0 Å². The molecule has 2 aromatic carbocycles. The number of carbonyl (C=O) groups excluding carboxylic acids is 2. The molecule has 2 amide bonds. The fourth-order valence-corrected chi connectivity index (χ4v) is 6.21. The minimum absolute atomic E-state index is 0.00789. The quantitative estimate of drug-likeness (QED) is 0.207. The first kappa shape index (κ1) is 28.7. The van der Waals surface area contributed by atoms with Gasteiger partial charge >= 0.3 is 0 Å². The van der Waals surface area contributed by atoms with Gasteiger partial charge in [-0.05, 0) is 41.7 Å². The Morgan fingerprint density at radius 3 is 2.64 bits per heavy atom. The number of amides is 2. The number of nitrogens with one attached hydrogen (secondary N) is 3. The van der Waals surface area contributed by atoms with E-state index >= 15 is 0 Å². The Hall–Kier alpha value is -3.26. The Balaban J connectivity index is 1.48. The summed E-state index contributed by atoms with van der Waals surface area (Å²) in [6.07, 6.45) is 0.730. The van der Waals surface area contributed by atoms with Crippen molar-refractivity contribution in [2.24, 2.45) is 11.7 Å². The summed E-state index contributed by atoms with van der Waals surface area (Å²) >= 11 is 0. The number of carbonyl (C=O) groups is 2. The first-order valence-electron chi connectivity index (χ1n) is 13.0. The van der Waals surface area contributed by atoms with Gasteiger partial charge in [0.25, 0.3) is 0 Å². The number of nitrogens with zero attached hydrogens (tertiary/aromatic N) is 2. The molecule has 2 unspecified atom stereocenters. The molecule has 0 spiro atoms. The lowest BCUT2D eigenvalue weighted by Crippen LogP contribution is -2.55. The van der Waals surface area contributed by atoms with Gasteiger partial charge in [0.2, 0.25) is 21.8 Å². The zero-order valence-corrected chi connectivity index (χ0v) is 22.5. The molecular weight excluding hydrogens is 524 g/mol. The van der Waals surface area contributed by atoms with E-state index in [1.807, 2.05) is 12.1 Å². The Morgan fingerprint density at radius 2 is 1.90 bits per heavy atom. The number of nitrogens with two attached hydrogens (primary N) is 1. The van der Waals surface area contributed by atoms with Gasteiger partial charge in [0.15, 0.2) is 5.96 Å². The zero-order valence-electron chi connectivity index (χ0n) is 21.7. The summed E-state index contributed by atoms with van der Waals surface area (Å²) in [7, 11) is -4.15. The monoisotopic (exact) mass is 560 g/mol. The Kier molecular flexibility index (Phi) is 9.38. The molecule has 13 heteroatoms. The molecule has 3 atom stereocenters. The fourth-order valence-electron chi connectivity index (χ4n) is 4.99. The van der Waals surface area contributed by atoms with E-state index in [1.165, 1.54) is 17.0 Å². The number of morpholine rings is 1. The van der Waals surface area contributed by atoms with Gasteiger partial charge in [0.1, 0.15) is 6.04 Å². The van der Waals surface area contributed by atoms with Crippen molar-refractivity contribution in [3.8, 4) is 0 Å². The van der Waals surface area contributed by atoms with E-state index in [4.69, 9.17) is 15.9 Å². The number of benzene rings is 2. The van der Waals surface area contributed by atoms with Crippen molar-refractivity contribution < 1.29 is 27.9 Å². The topological polar surface area (TPSA) is 178 Å². The minimum Gasteiger partial charge on any atom is -0.394 e. The maximum Gasteiger partial charge on any atom is 0.241 e. The van der Waals surface area contributed by atoms with E-state index in [9.17, 15) is 23.1 Å². The van der Waals surface area contributed by atoms with Gasteiger partial charge in [-0.25, -0.2) is 8.42 Å². The third kappa shape index (κ3) is 7.44. The molecule has 12 nitrogen and oxygen atoms in total. The first-order valence-corrected chi connectivity index (χ1v) is 14.5. The number of sulfonamides is 1. The van der Waals surface area contributed by atoms with Crippen LogP contribution in [-0.2, 0) is 24.3 Å². The molecule has 2 aromatic rings. The van der Waals surface area contributed by atoms with Crippen LogP contribution in [-0.4, -0.2) is 99.2 Å². The minimum atomic E-state index is -4.15. The van der Waals surface area contributed by atoms with Crippen molar-refractivity contribution in [3.63, 3.8) is 0 Å². The predicted octanol–water partition coefficient (Wildman–Crippen LogP) is -0.182. The molecule has 0 saturated carbocycles. The Bertz CT molecular complexity index is 1300. The van der Waals surface area contributed by atoms with Gasteiger partial charge in [-0.2, -0.15) is 4.72 Å². The number of fused-ring (bicyclic) bond motifs is 1. The van der Waals surface area contributed by atoms with Crippen molar-refractivity contribution >= 4 is 38.6 Å². The molecule has 2 saturated heterocycles. The highest BCUT2D eigenvalue weighted by molar-refractivity contribution is 7.89. The summed E-state index contributed by atoms with van der Waals surface area (Å²) in [6, 6.07) is 10.7. The summed E-state index contributed by atoms with van der Waals surface area (Å²) in [5.74, 6) is -0.954. The lowest BCUT2D eigenvalue weighted by Gasteiger charge is -2.34. The molecule has 2 aliphatic heterocycles. The van der Waals surface area contributed by atoms with Crippen molar-refractivity contribution in [1.29, 1.82) is 5.41 Å². The maximum atomic E-state index is 13.5. The molecule has 0 radical (unpaired) electrons. The van der Waals surface area contributed by atoms with E-state index in [-0.39, 0.29) is 43.1 Å². The van der Waals surface area contributed by atoms with Crippen LogP contribution in [0.5, 0.6) is 0 Å². The number of aliphatic hydroxyl groups excluding tert-OH is 1. The molecule has 2 heterocycles. The van der Waals surface area contributed by atoms with Crippen LogP contribution < -0.4 is 15.8 Å². The summed E-state index contributed by atoms with van der Waals surface area (Å²) in [4.78, 5) is 29.6. The molecule has 0 aliphatic carbocycles. The average Bonchev–Trinajstić information content (AvgIpc) is 2.95. The number of hydrogen-bond acceptors (Lipinski definition) is 7. The summed E-state index contributed by atoms with van der Waals surface area (Å²) in [6.45, 7) is 1.79. The van der Waals surface area contributed by atoms with Crippen molar-refractivity contribution in [2.45, 2.75) is 36.3 Å². The summed E-state index contributed by atoms with van der Waals surface area (Å²) in [5.41, 5.74) is 5.60. The summed E-state index contributed by atoms with van der Waals surface area (Å²) in [5, 5.41) is 21.5. The maximum absolute atomic E-state index is 13.5. The highest BCUT2D eigenvalue weighted by Crippen LogP contribution is 2.20. The van der Waals surface area contributed by atoms with Gasteiger partial charge < -0.3 is 30.7 Å². The molecule has 212 valence electrons. The van der Waals surface area contributed by atoms with Gasteiger partial charge in [-0.3, -0.25) is 15.0 Å². The lowest BCUT2D eigenvalue weighted by atomic mass is 9.98. The number of guanidine groups is 1. The van der Waals surface area contributed by atoms with Crippen molar-refractivity contribution in [1.82, 2.24) is 19.8 Å². The molecule has 4 rings (SSSR count). The van der Waals surface area contributed by atoms with E-state index < -0.39 is 40.4 Å². The highest BCUT2D eigenvalue weighted by atomic mass is 32.2. The average molecular weight is 561 g/mol. The van der Waals surface area contributed by atoms with Crippen LogP contribution >= 0.6 is 0 Å². The van der Waals surface area contributed by atoms with E-state index in [1.54, 1.807) is 23.1 Å². The van der Waals surface area contributed by atoms with Crippen LogP contribution in [0, 0.1) is 11.3 Å². The number of aliphatic hydroxyl groups is 1. The van der Waals surface area contributed by atoms with Crippen molar-refractivity contribution in [2.75, 3.05) is 45.9 Å². The standard InChI is InChI=1S/C26H36N6O6S/c27-26(28)32-9-3-4-18(15-32)14-29-24(34)13-23(25(35)31-10-11-38-21(16-31)17-33)30-39(36,37)22-8-7-19-5-1-2-6-20(19)12-22/h1-2,5-8,12,18,21,23,30,33H,3-4,9-11,13-17H2,(H3,27,28)(H,29,34)/t18?,21?,23-/m0/s1. The van der Waals surface area contributed by atoms with Gasteiger partial charge in [0.05, 0.1) is 30.6 Å². The molecule has 2 aliphatic rings. The Morgan fingerprint density at radius 1 is 1.13 bits per heavy atom. The highest BCUT2D eigenvalue weighted by Gasteiger charge is 2.34. The summed E-state index contributed by atoms with van der Waals surface area (Å²) < 4.78 is 34.6. The normalized spacial score (nSPS) is 20.9. The van der Waals surface area contributed by atoms with E-state index in [0.717, 1.165) is 23.6 Å². The SMILES string of the molecule is N=C(N)N1CCCC(CNC(=O)C[C@H](NS(=O)(=O)c2ccc3ccccc3c2)C(=O)N2CCOC(CO)C2)C1. The van der Waals surface area contributed by atoms with Crippen LogP contribution in [0.15, 0.2) is 47.4 Å². The van der Waals surface area contributed by atoms with Crippen LogP contribution in [0.1, 0.15) is 19.3 Å². The second kappa shape index (κ2) is 12.7. The molecule has 0 bridgehead atoms. The predicted molar refractivity (Wildman–Crippen MR) is 145 cm³/mol. The molecular formula is C26H36N6O6S.